The van der Waals surface area contributed by atoms with Crippen LogP contribution in [0.1, 0.15) is 36.9 Å². The van der Waals surface area contributed by atoms with Gasteiger partial charge in [0.25, 0.3) is 0 Å². The number of amides is 1. The molecule has 0 aromatic heterocycles. The Morgan fingerprint density at radius 2 is 1.50 bits per heavy atom. The van der Waals surface area contributed by atoms with Crippen molar-refractivity contribution in [3.05, 3.63) is 65.7 Å². The molecule has 0 bridgehead atoms. The number of hydrogen-bond donors (Lipinski definition) is 2. The Morgan fingerprint density at radius 3 is 2.00 bits per heavy atom. The number of nitrogens with two attached hydrogens (primary N) is 1. The number of para-hydroxylation sites is 1. The van der Waals surface area contributed by atoms with Gasteiger partial charge in [0, 0.05) is 5.69 Å². The normalized spacial score (nSPS) is 12.2. The highest BCUT2D eigenvalue weighted by molar-refractivity contribution is 5.84. The molecule has 3 heteroatoms. The monoisotopic (exact) mass is 268 g/mol. The summed E-state index contributed by atoms with van der Waals surface area (Å²) in [6, 6.07) is 17.1. The Morgan fingerprint density at radius 1 is 0.950 bits per heavy atom. The van der Waals surface area contributed by atoms with Crippen LogP contribution in [0.4, 0.5) is 5.69 Å². The molecule has 0 fully saturated rings. The van der Waals surface area contributed by atoms with Crippen LogP contribution in [-0.4, -0.2) is 5.91 Å². The lowest BCUT2D eigenvalue weighted by molar-refractivity contribution is -0.118. The van der Waals surface area contributed by atoms with Crippen LogP contribution in [0.5, 0.6) is 0 Å². The van der Waals surface area contributed by atoms with Crippen molar-refractivity contribution in [1.29, 1.82) is 0 Å². The number of carbonyl (C=O) groups excluding carboxylic acids is 1. The van der Waals surface area contributed by atoms with Gasteiger partial charge in [0.15, 0.2) is 0 Å². The number of nitrogens with one attached hydrogen (secondary N) is 1. The molecule has 0 heterocycles. The summed E-state index contributed by atoms with van der Waals surface area (Å²) in [4.78, 5) is 11.7. The van der Waals surface area contributed by atoms with Gasteiger partial charge in [0.1, 0.15) is 6.04 Å². The molecule has 3 nitrogen and oxygen atoms in total. The van der Waals surface area contributed by atoms with E-state index in [0.29, 0.717) is 5.92 Å². The third kappa shape index (κ3) is 3.38. The van der Waals surface area contributed by atoms with Gasteiger partial charge < -0.3 is 11.1 Å². The number of carbonyl (C=O) groups is 1. The average molecular weight is 268 g/mol. The van der Waals surface area contributed by atoms with Crippen molar-refractivity contribution >= 4 is 11.6 Å². The van der Waals surface area contributed by atoms with Crippen LogP contribution in [0.2, 0.25) is 0 Å². The fourth-order valence-electron chi connectivity index (χ4n) is 2.09. The minimum atomic E-state index is -0.515. The Balaban J connectivity index is 2.22. The average Bonchev–Trinajstić information content (AvgIpc) is 2.45. The van der Waals surface area contributed by atoms with E-state index in [4.69, 9.17) is 5.73 Å². The van der Waals surface area contributed by atoms with Crippen molar-refractivity contribution in [3.8, 4) is 0 Å². The zero-order valence-electron chi connectivity index (χ0n) is 11.8. The first-order valence-electron chi connectivity index (χ1n) is 6.78. The first-order chi connectivity index (χ1) is 9.58. The molecule has 0 saturated heterocycles. The van der Waals surface area contributed by atoms with Gasteiger partial charge in [0.05, 0.1) is 0 Å². The smallest absolute Gasteiger partial charge is 0.244 e. The highest BCUT2D eigenvalue weighted by Gasteiger charge is 2.17. The van der Waals surface area contributed by atoms with E-state index >= 15 is 0 Å². The highest BCUT2D eigenvalue weighted by atomic mass is 16.1. The van der Waals surface area contributed by atoms with Gasteiger partial charge in [-0.1, -0.05) is 56.3 Å². The Bertz CT molecular complexity index is 561. The predicted molar refractivity (Wildman–Crippen MR) is 82.5 cm³/mol. The number of anilines is 1. The molecule has 0 radical (unpaired) electrons. The van der Waals surface area contributed by atoms with E-state index in [0.717, 1.165) is 11.3 Å². The van der Waals surface area contributed by atoms with Crippen LogP contribution < -0.4 is 11.1 Å². The van der Waals surface area contributed by atoms with Gasteiger partial charge in [0.2, 0.25) is 5.91 Å². The van der Waals surface area contributed by atoms with E-state index < -0.39 is 6.04 Å². The second kappa shape index (κ2) is 6.24. The molecule has 2 rings (SSSR count). The quantitative estimate of drug-likeness (QED) is 0.872. The van der Waals surface area contributed by atoms with E-state index in [9.17, 15) is 4.79 Å². The standard InChI is InChI=1S/C17H20N2O/c1-12(2)13-8-10-14(11-9-13)16(17(18)20)19-15-6-4-3-5-7-15/h3-12,16,19H,1-2H3,(H2,18,20). The van der Waals surface area contributed by atoms with Crippen molar-refractivity contribution in [2.24, 2.45) is 5.73 Å². The van der Waals surface area contributed by atoms with Crippen LogP contribution in [0.15, 0.2) is 54.6 Å². The summed E-state index contributed by atoms with van der Waals surface area (Å²) >= 11 is 0. The molecule has 104 valence electrons. The third-order valence-electron chi connectivity index (χ3n) is 3.31. The third-order valence-corrected chi connectivity index (χ3v) is 3.31. The maximum absolute atomic E-state index is 11.7. The summed E-state index contributed by atoms with van der Waals surface area (Å²) in [7, 11) is 0. The summed E-state index contributed by atoms with van der Waals surface area (Å²) in [5, 5.41) is 3.17. The van der Waals surface area contributed by atoms with Gasteiger partial charge in [-0.05, 0) is 29.2 Å². The lowest BCUT2D eigenvalue weighted by atomic mass is 9.98. The summed E-state index contributed by atoms with van der Waals surface area (Å²) < 4.78 is 0. The maximum atomic E-state index is 11.7. The molecule has 0 aliphatic heterocycles. The lowest BCUT2D eigenvalue weighted by Gasteiger charge is -2.18. The second-order valence-electron chi connectivity index (χ2n) is 5.17. The summed E-state index contributed by atoms with van der Waals surface area (Å²) in [5.41, 5.74) is 8.52. The van der Waals surface area contributed by atoms with Gasteiger partial charge >= 0.3 is 0 Å². The van der Waals surface area contributed by atoms with Crippen LogP contribution in [-0.2, 0) is 4.79 Å². The Kier molecular flexibility index (Phi) is 4.41. The number of benzene rings is 2. The molecule has 0 aliphatic rings. The summed E-state index contributed by atoms with van der Waals surface area (Å²) in [6.07, 6.45) is 0. The molecule has 1 unspecified atom stereocenters. The SMILES string of the molecule is CC(C)c1ccc(C(Nc2ccccc2)C(N)=O)cc1. The fraction of sp³-hybridized carbons (Fsp3) is 0.235. The van der Waals surface area contributed by atoms with Crippen molar-refractivity contribution in [2.75, 3.05) is 5.32 Å². The molecule has 0 spiro atoms. The maximum Gasteiger partial charge on any atom is 0.244 e. The zero-order valence-corrected chi connectivity index (χ0v) is 11.8. The van der Waals surface area contributed by atoms with E-state index in [1.54, 1.807) is 0 Å². The van der Waals surface area contributed by atoms with Crippen molar-refractivity contribution < 1.29 is 4.79 Å². The largest absolute Gasteiger partial charge is 0.370 e. The Hall–Kier alpha value is -2.29. The van der Waals surface area contributed by atoms with Gasteiger partial charge in [-0.15, -0.1) is 0 Å². The summed E-state index contributed by atoms with van der Waals surface area (Å²) in [5.74, 6) is 0.0873. The number of primary amides is 1. The highest BCUT2D eigenvalue weighted by Crippen LogP contribution is 2.22. The van der Waals surface area contributed by atoms with E-state index in [1.807, 2.05) is 54.6 Å². The topological polar surface area (TPSA) is 55.1 Å². The molecule has 0 aliphatic carbocycles. The van der Waals surface area contributed by atoms with Gasteiger partial charge in [-0.3, -0.25) is 4.79 Å². The number of rotatable bonds is 5. The van der Waals surface area contributed by atoms with Crippen LogP contribution in [0.3, 0.4) is 0 Å². The molecule has 0 saturated carbocycles. The van der Waals surface area contributed by atoms with Crippen molar-refractivity contribution in [1.82, 2.24) is 0 Å². The zero-order chi connectivity index (χ0) is 14.5. The number of hydrogen-bond acceptors (Lipinski definition) is 2. The minimum Gasteiger partial charge on any atom is -0.370 e. The second-order valence-corrected chi connectivity index (χ2v) is 5.17. The Labute approximate surface area is 119 Å². The summed E-state index contributed by atoms with van der Waals surface area (Å²) in [6.45, 7) is 4.28. The molecule has 1 amide bonds. The lowest BCUT2D eigenvalue weighted by Crippen LogP contribution is -2.27. The van der Waals surface area contributed by atoms with Crippen LogP contribution >= 0.6 is 0 Å². The first kappa shape index (κ1) is 14.1. The van der Waals surface area contributed by atoms with Gasteiger partial charge in [-0.25, -0.2) is 0 Å². The first-order valence-corrected chi connectivity index (χ1v) is 6.78. The molecule has 1 atom stereocenters. The van der Waals surface area contributed by atoms with Crippen LogP contribution in [0, 0.1) is 0 Å². The molecule has 20 heavy (non-hydrogen) atoms. The minimum absolute atomic E-state index is 0.383. The molecular weight excluding hydrogens is 248 g/mol. The van der Waals surface area contributed by atoms with E-state index in [2.05, 4.69) is 19.2 Å². The van der Waals surface area contributed by atoms with Crippen molar-refractivity contribution in [2.45, 2.75) is 25.8 Å². The predicted octanol–water partition coefficient (Wildman–Crippen LogP) is 3.45. The molecule has 2 aromatic carbocycles. The fourth-order valence-corrected chi connectivity index (χ4v) is 2.09. The van der Waals surface area contributed by atoms with E-state index in [-0.39, 0.29) is 5.91 Å². The molecule has 2 aromatic rings. The van der Waals surface area contributed by atoms with E-state index in [1.165, 1.54) is 5.56 Å². The van der Waals surface area contributed by atoms with Crippen molar-refractivity contribution in [3.63, 3.8) is 0 Å². The van der Waals surface area contributed by atoms with Gasteiger partial charge in [-0.2, -0.15) is 0 Å². The molecule has 3 N–H and O–H groups in total. The van der Waals surface area contributed by atoms with Crippen LogP contribution in [0.25, 0.3) is 0 Å². The molecular formula is C17H20N2O.